The van der Waals surface area contributed by atoms with Crippen molar-refractivity contribution in [1.29, 1.82) is 0 Å². The van der Waals surface area contributed by atoms with E-state index in [4.69, 9.17) is 0 Å². The molecule has 3 aromatic rings. The Labute approximate surface area is 289 Å². The lowest BCUT2D eigenvalue weighted by Gasteiger charge is -2.38. The van der Waals surface area contributed by atoms with Crippen molar-refractivity contribution in [3.8, 4) is 11.1 Å². The zero-order valence-corrected chi connectivity index (χ0v) is 28.8. The van der Waals surface area contributed by atoms with E-state index in [2.05, 4.69) is 65.1 Å². The van der Waals surface area contributed by atoms with Gasteiger partial charge in [0.2, 0.25) is 11.8 Å². The van der Waals surface area contributed by atoms with Gasteiger partial charge in [-0.15, -0.1) is 0 Å². The molecular formula is C36H50N10O3. The number of piperidine rings is 1. The highest BCUT2D eigenvalue weighted by atomic mass is 16.2. The summed E-state index contributed by atoms with van der Waals surface area (Å²) in [7, 11) is 1.87. The van der Waals surface area contributed by atoms with E-state index in [1.165, 1.54) is 11.9 Å². The fraction of sp³-hybridized carbons (Fsp3) is 0.500. The topological polar surface area (TPSA) is 148 Å². The summed E-state index contributed by atoms with van der Waals surface area (Å²) in [6.45, 7) is 10.4. The summed E-state index contributed by atoms with van der Waals surface area (Å²) < 4.78 is 0. The smallest absolute Gasteiger partial charge is 0.274 e. The number of nitrogens with zero attached hydrogens (tertiary/aromatic N) is 6. The van der Waals surface area contributed by atoms with Gasteiger partial charge in [-0.3, -0.25) is 19.3 Å². The number of aromatic nitrogens is 3. The second-order valence-electron chi connectivity index (χ2n) is 12.8. The fourth-order valence-electron chi connectivity index (χ4n) is 6.33. The van der Waals surface area contributed by atoms with Crippen LogP contribution in [0.2, 0.25) is 0 Å². The van der Waals surface area contributed by atoms with Crippen molar-refractivity contribution in [3.05, 3.63) is 72.1 Å². The van der Waals surface area contributed by atoms with Gasteiger partial charge < -0.3 is 31.1 Å². The number of carbonyl (C=O) groups excluding carboxylic acids is 3. The summed E-state index contributed by atoms with van der Waals surface area (Å²) in [5.74, 6) is 0.144. The van der Waals surface area contributed by atoms with Crippen LogP contribution in [0.5, 0.6) is 0 Å². The first-order chi connectivity index (χ1) is 23.9. The van der Waals surface area contributed by atoms with E-state index in [1.54, 1.807) is 18.5 Å². The van der Waals surface area contributed by atoms with E-state index >= 15 is 0 Å². The quantitative estimate of drug-likeness (QED) is 0.176. The van der Waals surface area contributed by atoms with Crippen molar-refractivity contribution in [2.45, 2.75) is 32.7 Å². The number of benzene rings is 1. The zero-order valence-electron chi connectivity index (χ0n) is 28.8. The lowest BCUT2D eigenvalue weighted by Crippen LogP contribution is -2.51. The molecule has 2 aliphatic heterocycles. The highest BCUT2D eigenvalue weighted by molar-refractivity contribution is 6.03. The second-order valence-corrected chi connectivity index (χ2v) is 12.8. The molecule has 0 radical (unpaired) electrons. The molecule has 0 atom stereocenters. The number of nitrogens with one attached hydrogen (secondary N) is 4. The Morgan fingerprint density at radius 3 is 2.43 bits per heavy atom. The van der Waals surface area contributed by atoms with Crippen molar-refractivity contribution < 1.29 is 14.4 Å². The molecule has 2 fully saturated rings. The number of likely N-dealkylation sites (tertiary alicyclic amines) is 1. The highest BCUT2D eigenvalue weighted by Crippen LogP contribution is 2.28. The molecule has 0 unspecified atom stereocenters. The van der Waals surface area contributed by atoms with Crippen LogP contribution in [0.15, 0.2) is 55.1 Å². The minimum Gasteiger partial charge on any atom is -0.354 e. The number of amides is 3. The zero-order chi connectivity index (χ0) is 34.4. The molecule has 13 nitrogen and oxygen atoms in total. The first-order valence-electron chi connectivity index (χ1n) is 17.4. The van der Waals surface area contributed by atoms with E-state index in [0.29, 0.717) is 44.3 Å². The van der Waals surface area contributed by atoms with Crippen LogP contribution in [-0.2, 0) is 22.6 Å². The highest BCUT2D eigenvalue weighted by Gasteiger charge is 2.29. The SMILES string of the molecule is CCc1cccc(-c2cnc(C(=O)N3CCC(CN4CCN(CC(=O)NCCNC)CC4)CC3)c(NC(=O)CNCc3ccncn3)c2)c1. The van der Waals surface area contributed by atoms with Crippen LogP contribution in [0.1, 0.15) is 41.5 Å². The molecule has 0 bridgehead atoms. The molecule has 2 aromatic heterocycles. The van der Waals surface area contributed by atoms with Crippen molar-refractivity contribution in [1.82, 2.24) is 45.6 Å². The van der Waals surface area contributed by atoms with Crippen LogP contribution in [0.4, 0.5) is 5.69 Å². The lowest BCUT2D eigenvalue weighted by atomic mass is 9.95. The molecule has 4 heterocycles. The molecule has 0 aliphatic carbocycles. The molecule has 3 amide bonds. The maximum Gasteiger partial charge on any atom is 0.274 e. The Morgan fingerprint density at radius 1 is 0.898 bits per heavy atom. The molecule has 49 heavy (non-hydrogen) atoms. The summed E-state index contributed by atoms with van der Waals surface area (Å²) in [4.78, 5) is 58.5. The molecule has 0 saturated carbocycles. The van der Waals surface area contributed by atoms with E-state index in [9.17, 15) is 14.4 Å². The maximum absolute atomic E-state index is 13.9. The van der Waals surface area contributed by atoms with Gasteiger partial charge in [-0.05, 0) is 55.5 Å². The van der Waals surface area contributed by atoms with Gasteiger partial charge >= 0.3 is 0 Å². The van der Waals surface area contributed by atoms with Gasteiger partial charge in [0.05, 0.1) is 24.5 Å². The molecule has 5 rings (SSSR count). The van der Waals surface area contributed by atoms with Gasteiger partial charge in [0.1, 0.15) is 6.33 Å². The van der Waals surface area contributed by atoms with E-state index in [-0.39, 0.29) is 30.0 Å². The van der Waals surface area contributed by atoms with Gasteiger partial charge in [-0.1, -0.05) is 31.2 Å². The van der Waals surface area contributed by atoms with E-state index in [0.717, 1.165) is 75.4 Å². The maximum atomic E-state index is 13.9. The predicted molar refractivity (Wildman–Crippen MR) is 190 cm³/mol. The van der Waals surface area contributed by atoms with Crippen molar-refractivity contribution >= 4 is 23.4 Å². The molecule has 2 aliphatic rings. The molecular weight excluding hydrogens is 620 g/mol. The molecule has 1 aromatic carbocycles. The number of carbonyl (C=O) groups is 3. The Balaban J connectivity index is 1.16. The fourth-order valence-corrected chi connectivity index (χ4v) is 6.33. The minimum absolute atomic E-state index is 0.0523. The number of anilines is 1. The predicted octanol–water partition coefficient (Wildman–Crippen LogP) is 1.63. The molecule has 2 saturated heterocycles. The summed E-state index contributed by atoms with van der Waals surface area (Å²) in [5, 5.41) is 12.1. The lowest BCUT2D eigenvalue weighted by molar-refractivity contribution is -0.122. The third kappa shape index (κ3) is 10.8. The van der Waals surface area contributed by atoms with Crippen LogP contribution in [0, 0.1) is 5.92 Å². The largest absolute Gasteiger partial charge is 0.354 e. The summed E-state index contributed by atoms with van der Waals surface area (Å²) in [5.41, 5.74) is 4.47. The Bertz CT molecular complexity index is 1520. The number of piperazine rings is 1. The van der Waals surface area contributed by atoms with Gasteiger partial charge in [-0.2, -0.15) is 0 Å². The molecule has 4 N–H and O–H groups in total. The van der Waals surface area contributed by atoms with Crippen LogP contribution in [0.25, 0.3) is 11.1 Å². The first kappa shape index (κ1) is 36.0. The van der Waals surface area contributed by atoms with Gasteiger partial charge in [-0.25, -0.2) is 15.0 Å². The monoisotopic (exact) mass is 670 g/mol. The van der Waals surface area contributed by atoms with Crippen molar-refractivity contribution in [2.75, 3.05) is 84.4 Å². The van der Waals surface area contributed by atoms with Crippen molar-refractivity contribution in [3.63, 3.8) is 0 Å². The van der Waals surface area contributed by atoms with E-state index < -0.39 is 0 Å². The molecule has 13 heteroatoms. The number of hydrogen-bond acceptors (Lipinski definition) is 10. The Kier molecular flexibility index (Phi) is 13.6. The second kappa shape index (κ2) is 18.5. The van der Waals surface area contributed by atoms with Gasteiger partial charge in [0, 0.05) is 83.4 Å². The number of aryl methyl sites for hydroxylation is 1. The first-order valence-corrected chi connectivity index (χ1v) is 17.4. The van der Waals surface area contributed by atoms with E-state index in [1.807, 2.05) is 30.1 Å². The van der Waals surface area contributed by atoms with Crippen LogP contribution < -0.4 is 21.3 Å². The molecule has 0 spiro atoms. The number of rotatable bonds is 15. The number of likely N-dealkylation sites (N-methyl/N-ethyl adjacent to an activating group) is 1. The Hall–Kier alpha value is -4.30. The summed E-state index contributed by atoms with van der Waals surface area (Å²) in [6.07, 6.45) is 7.59. The Morgan fingerprint density at radius 2 is 1.69 bits per heavy atom. The van der Waals surface area contributed by atoms with Crippen molar-refractivity contribution in [2.24, 2.45) is 5.92 Å². The summed E-state index contributed by atoms with van der Waals surface area (Å²) >= 11 is 0. The van der Waals surface area contributed by atoms with Crippen LogP contribution >= 0.6 is 0 Å². The normalized spacial score (nSPS) is 16.0. The number of pyridine rings is 1. The average Bonchev–Trinajstić information content (AvgIpc) is 3.13. The minimum atomic E-state index is -0.266. The van der Waals surface area contributed by atoms with Gasteiger partial charge in [0.25, 0.3) is 5.91 Å². The average molecular weight is 671 g/mol. The van der Waals surface area contributed by atoms with Crippen LogP contribution in [0.3, 0.4) is 0 Å². The van der Waals surface area contributed by atoms with Gasteiger partial charge in [0.15, 0.2) is 5.69 Å². The third-order valence-electron chi connectivity index (χ3n) is 9.22. The number of hydrogen-bond donors (Lipinski definition) is 4. The van der Waals surface area contributed by atoms with Crippen LogP contribution in [-0.4, -0.2) is 126 Å². The standard InChI is InChI=1S/C36H50N10O3/c1-3-27-5-4-6-29(19-27)30-20-32(43-33(47)23-39-22-31-7-10-38-26-42-31)35(41-21-30)36(49)46-13-8-28(9-14-46)24-44-15-17-45(18-16-44)25-34(48)40-12-11-37-2/h4-7,10,19-21,26,28,37,39H,3,8-9,11-18,22-25H2,1-2H3,(H,40,48)(H,43,47). The third-order valence-corrected chi connectivity index (χ3v) is 9.22. The summed E-state index contributed by atoms with van der Waals surface area (Å²) in [6, 6.07) is 11.9. The molecule has 262 valence electrons.